The number of halogens is 3. The number of hydrogen-bond acceptors (Lipinski definition) is 5. The van der Waals surface area contributed by atoms with E-state index in [4.69, 9.17) is 39.5 Å². The van der Waals surface area contributed by atoms with Crippen LogP contribution in [-0.2, 0) is 0 Å². The van der Waals surface area contributed by atoms with Crippen molar-refractivity contribution >= 4 is 58.4 Å². The number of hydrogen-bond donors (Lipinski definition) is 0. The van der Waals surface area contributed by atoms with Crippen molar-refractivity contribution in [2.24, 2.45) is 4.99 Å². The van der Waals surface area contributed by atoms with Gasteiger partial charge in [-0.25, -0.2) is 4.99 Å². The number of aliphatic imine (C=N–C) groups is 1. The number of aromatic nitrogens is 1. The molecule has 0 atom stereocenters. The number of nitriles is 1. The molecule has 5 nitrogen and oxygen atoms in total. The number of ether oxygens (including phenoxy) is 1. The Kier molecular flexibility index (Phi) is 7.22. The van der Waals surface area contributed by atoms with Crippen LogP contribution in [0.25, 0.3) is 11.3 Å². The van der Waals surface area contributed by atoms with Crippen molar-refractivity contribution in [2.45, 2.75) is 13.8 Å². The lowest BCUT2D eigenvalue weighted by Crippen LogP contribution is -2.14. The fraction of sp³-hybridized carbons (Fsp3) is 0.190. The van der Waals surface area contributed by atoms with E-state index in [1.165, 1.54) is 0 Å². The molecule has 2 aromatic carbocycles. The fourth-order valence-corrected chi connectivity index (χ4v) is 3.93. The van der Waals surface area contributed by atoms with Crippen molar-refractivity contribution in [2.75, 3.05) is 13.6 Å². The Balaban J connectivity index is 1.94. The predicted octanol–water partition coefficient (Wildman–Crippen LogP) is 7.35. The molecule has 0 aliphatic carbocycles. The van der Waals surface area contributed by atoms with Crippen LogP contribution in [0.4, 0.5) is 5.69 Å². The normalized spacial score (nSPS) is 11.0. The lowest BCUT2D eigenvalue weighted by molar-refractivity contribution is 0.491. The summed E-state index contributed by atoms with van der Waals surface area (Å²) in [4.78, 5) is 6.35. The average molecular weight is 480 g/mol. The molecule has 0 saturated heterocycles. The van der Waals surface area contributed by atoms with Crippen molar-refractivity contribution < 1.29 is 4.74 Å². The Hall–Kier alpha value is -2.30. The Labute approximate surface area is 194 Å². The Morgan fingerprint density at radius 3 is 2.67 bits per heavy atom. The van der Waals surface area contributed by atoms with Crippen LogP contribution >= 0.6 is 46.3 Å². The highest BCUT2D eigenvalue weighted by molar-refractivity contribution is 7.08. The quantitative estimate of drug-likeness (QED) is 0.274. The molecule has 0 saturated carbocycles. The number of rotatable bonds is 6. The van der Waals surface area contributed by atoms with Gasteiger partial charge < -0.3 is 9.64 Å². The Bertz CT molecular complexity index is 1150. The number of nitrogens with zero attached hydrogens (tertiary/aromatic N) is 4. The SMILES string of the molecule is CCN(C)/C=N\c1cc(C)c(Oc2snc(-c3ccc(Cl)cc3Cl)c2C#N)cc1Cl. The summed E-state index contributed by atoms with van der Waals surface area (Å²) >= 11 is 19.7. The van der Waals surface area contributed by atoms with E-state index in [0.717, 1.165) is 23.6 Å². The average Bonchev–Trinajstić information content (AvgIpc) is 3.11. The minimum atomic E-state index is 0.298. The molecule has 0 fully saturated rings. The van der Waals surface area contributed by atoms with E-state index in [2.05, 4.69) is 15.4 Å². The van der Waals surface area contributed by atoms with Gasteiger partial charge in [-0.05, 0) is 43.7 Å². The van der Waals surface area contributed by atoms with Gasteiger partial charge in [0.1, 0.15) is 23.1 Å². The van der Waals surface area contributed by atoms with Gasteiger partial charge in [0, 0.05) is 41.8 Å². The number of benzene rings is 2. The molecule has 0 radical (unpaired) electrons. The van der Waals surface area contributed by atoms with Crippen LogP contribution in [0.5, 0.6) is 10.8 Å². The highest BCUT2D eigenvalue weighted by Gasteiger charge is 2.20. The zero-order valence-electron chi connectivity index (χ0n) is 16.4. The first-order chi connectivity index (χ1) is 14.3. The van der Waals surface area contributed by atoms with Crippen LogP contribution in [0.3, 0.4) is 0 Å². The molecule has 1 aromatic heterocycles. The highest BCUT2D eigenvalue weighted by Crippen LogP contribution is 2.41. The van der Waals surface area contributed by atoms with Gasteiger partial charge in [0.2, 0.25) is 5.06 Å². The summed E-state index contributed by atoms with van der Waals surface area (Å²) in [5, 5.41) is 11.4. The second-order valence-corrected chi connectivity index (χ2v) is 8.41. The van der Waals surface area contributed by atoms with E-state index in [9.17, 15) is 5.26 Å². The summed E-state index contributed by atoms with van der Waals surface area (Å²) in [6.07, 6.45) is 1.72. The summed E-state index contributed by atoms with van der Waals surface area (Å²) in [6, 6.07) is 10.7. The van der Waals surface area contributed by atoms with E-state index in [1.54, 1.807) is 30.6 Å². The third kappa shape index (κ3) is 4.88. The Morgan fingerprint density at radius 2 is 2.00 bits per heavy atom. The third-order valence-corrected chi connectivity index (χ3v) is 5.88. The van der Waals surface area contributed by atoms with Gasteiger partial charge >= 0.3 is 0 Å². The molecule has 0 N–H and O–H groups in total. The maximum absolute atomic E-state index is 9.70. The zero-order valence-corrected chi connectivity index (χ0v) is 19.5. The van der Waals surface area contributed by atoms with Crippen LogP contribution in [0.2, 0.25) is 15.1 Å². The maximum Gasteiger partial charge on any atom is 0.218 e. The molecule has 0 aliphatic heterocycles. The lowest BCUT2D eigenvalue weighted by atomic mass is 10.1. The molecule has 30 heavy (non-hydrogen) atoms. The van der Waals surface area contributed by atoms with E-state index < -0.39 is 0 Å². The summed E-state index contributed by atoms with van der Waals surface area (Å²) < 4.78 is 10.4. The number of aryl methyl sites for hydroxylation is 1. The van der Waals surface area contributed by atoms with Crippen LogP contribution in [0.1, 0.15) is 18.1 Å². The molecule has 0 amide bonds. The van der Waals surface area contributed by atoms with Crippen molar-refractivity contribution in [3.8, 4) is 28.1 Å². The first-order valence-corrected chi connectivity index (χ1v) is 10.8. The molecular formula is C21H17Cl3N4OS. The highest BCUT2D eigenvalue weighted by atomic mass is 35.5. The smallest absolute Gasteiger partial charge is 0.218 e. The first-order valence-electron chi connectivity index (χ1n) is 8.91. The topological polar surface area (TPSA) is 61.5 Å². The molecule has 0 spiro atoms. The third-order valence-electron chi connectivity index (χ3n) is 4.30. The molecular weight excluding hydrogens is 463 g/mol. The molecule has 3 aromatic rings. The molecule has 9 heteroatoms. The fourth-order valence-electron chi connectivity index (χ4n) is 2.51. The molecule has 154 valence electrons. The molecule has 0 aliphatic rings. The van der Waals surface area contributed by atoms with Gasteiger partial charge in [-0.3, -0.25) is 0 Å². The zero-order chi connectivity index (χ0) is 21.8. The van der Waals surface area contributed by atoms with Crippen LogP contribution in [0.15, 0.2) is 35.3 Å². The van der Waals surface area contributed by atoms with Crippen molar-refractivity contribution in [1.29, 1.82) is 5.26 Å². The predicted molar refractivity (Wildman–Crippen MR) is 125 cm³/mol. The minimum absolute atomic E-state index is 0.298. The Morgan fingerprint density at radius 1 is 1.23 bits per heavy atom. The maximum atomic E-state index is 9.70. The largest absolute Gasteiger partial charge is 0.443 e. The van der Waals surface area contributed by atoms with Gasteiger partial charge in [0.05, 0.1) is 22.1 Å². The first kappa shape index (κ1) is 22.4. The summed E-state index contributed by atoms with van der Waals surface area (Å²) in [5.41, 5.74) is 2.83. The van der Waals surface area contributed by atoms with Crippen LogP contribution < -0.4 is 4.74 Å². The summed E-state index contributed by atoms with van der Waals surface area (Å²) in [6.45, 7) is 4.75. The van der Waals surface area contributed by atoms with Crippen molar-refractivity contribution in [3.63, 3.8) is 0 Å². The second-order valence-electron chi connectivity index (χ2n) is 6.42. The second kappa shape index (κ2) is 9.67. The molecule has 3 rings (SSSR count). The van der Waals surface area contributed by atoms with Gasteiger partial charge in [0.25, 0.3) is 0 Å². The van der Waals surface area contributed by atoms with E-state index >= 15 is 0 Å². The molecule has 0 unspecified atom stereocenters. The standard InChI is InChI=1S/C21H17Cl3N4OS/c1-4-28(3)11-26-18-7-12(2)19(9-17(18)24)29-21-15(10-25)20(27-30-21)14-6-5-13(22)8-16(14)23/h5-9,11H,4H2,1-3H3/b26-11-. The van der Waals surface area contributed by atoms with Crippen molar-refractivity contribution in [1.82, 2.24) is 9.27 Å². The van der Waals surface area contributed by atoms with E-state index in [0.29, 0.717) is 48.4 Å². The van der Waals surface area contributed by atoms with Crippen molar-refractivity contribution in [3.05, 3.63) is 56.5 Å². The van der Waals surface area contributed by atoms with Gasteiger partial charge in [0.15, 0.2) is 0 Å². The van der Waals surface area contributed by atoms with Crippen LogP contribution in [0, 0.1) is 18.3 Å². The molecule has 1 heterocycles. The van der Waals surface area contributed by atoms with E-state index in [1.807, 2.05) is 31.9 Å². The molecule has 0 bridgehead atoms. The van der Waals surface area contributed by atoms with E-state index in [-0.39, 0.29) is 0 Å². The van der Waals surface area contributed by atoms with Gasteiger partial charge in [-0.2, -0.15) is 9.64 Å². The van der Waals surface area contributed by atoms with Gasteiger partial charge in [-0.15, -0.1) is 0 Å². The minimum Gasteiger partial charge on any atom is -0.443 e. The van der Waals surface area contributed by atoms with Crippen LogP contribution in [-0.4, -0.2) is 29.2 Å². The lowest BCUT2D eigenvalue weighted by Gasteiger charge is -2.11. The van der Waals surface area contributed by atoms with Gasteiger partial charge in [-0.1, -0.05) is 34.8 Å². The summed E-state index contributed by atoms with van der Waals surface area (Å²) in [7, 11) is 1.93. The summed E-state index contributed by atoms with van der Waals surface area (Å²) in [5.74, 6) is 0.525. The monoisotopic (exact) mass is 478 g/mol.